The highest BCUT2D eigenvalue weighted by molar-refractivity contribution is 5.98. The minimum atomic E-state index is -1.51. The number of ether oxygens (including phenoxy) is 5. The van der Waals surface area contributed by atoms with Crippen molar-refractivity contribution in [2.45, 2.75) is 155 Å². The van der Waals surface area contributed by atoms with Gasteiger partial charge < -0.3 is 55.3 Å². The maximum absolute atomic E-state index is 15.2. The van der Waals surface area contributed by atoms with Crippen molar-refractivity contribution in [3.63, 3.8) is 0 Å². The van der Waals surface area contributed by atoms with Crippen molar-refractivity contribution in [1.29, 1.82) is 0 Å². The standard InChI is InChI=1S/C69H83N7O12/c1-41(2)33-57(64(81)84-12)73-61(78)55(35-43-37-70-53-27-19-17-21-46(43)53)72-60(77)54(34-42-29-31-45(32-30-42)87-68(6,7)8)71-63(80)58(40-86-67(3,4)5)74-62(79)56(36-44-38-76(66(83)88-69(9,10)11)59-28-20-18-22-47(44)59)75-65(82)85-39-52-50-25-15-13-23-48(50)49-24-14-16-26-51(49)52/h13-32,37-38,41,52,54-58,70H,33-36,39-40H2,1-12H3,(H,71,80)(H,72,77)(H,73,78)(H,74,79)(H,75,82)/t54-,55+,56-,57-,58-/m0/s1. The number of hydrogen-bond acceptors (Lipinski definition) is 12. The fourth-order valence-electron chi connectivity index (χ4n) is 10.7. The predicted molar refractivity (Wildman–Crippen MR) is 337 cm³/mol. The Morgan fingerprint density at radius 1 is 0.557 bits per heavy atom. The van der Waals surface area contributed by atoms with Gasteiger partial charge in [-0.15, -0.1) is 0 Å². The molecule has 1 aliphatic rings. The fraction of sp³-hybridized carbons (Fsp3) is 0.406. The molecular weight excluding hydrogens is 1120 g/mol. The Morgan fingerprint density at radius 3 is 1.67 bits per heavy atom. The lowest BCUT2D eigenvalue weighted by atomic mass is 9.98. The minimum Gasteiger partial charge on any atom is -0.488 e. The lowest BCUT2D eigenvalue weighted by Gasteiger charge is -2.29. The second-order valence-corrected chi connectivity index (χ2v) is 25.7. The molecule has 5 aromatic carbocycles. The van der Waals surface area contributed by atoms with E-state index in [1.54, 1.807) is 102 Å². The molecule has 5 atom stereocenters. The van der Waals surface area contributed by atoms with Crippen LogP contribution in [0.3, 0.4) is 0 Å². The molecule has 466 valence electrons. The number of aromatic amines is 1. The van der Waals surface area contributed by atoms with Crippen LogP contribution >= 0.6 is 0 Å². The van der Waals surface area contributed by atoms with Crippen LogP contribution in [0.15, 0.2) is 134 Å². The average molecular weight is 1200 g/mol. The zero-order valence-corrected chi connectivity index (χ0v) is 52.3. The molecular formula is C69H83N7O12. The van der Waals surface area contributed by atoms with Crippen molar-refractivity contribution < 1.29 is 57.2 Å². The van der Waals surface area contributed by atoms with Gasteiger partial charge in [0.05, 0.1) is 24.8 Å². The summed E-state index contributed by atoms with van der Waals surface area (Å²) in [6, 6.07) is 30.7. The summed E-state index contributed by atoms with van der Waals surface area (Å²) in [6.45, 7) is 19.7. The smallest absolute Gasteiger partial charge is 0.419 e. The van der Waals surface area contributed by atoms with Crippen molar-refractivity contribution >= 4 is 63.6 Å². The zero-order valence-electron chi connectivity index (χ0n) is 52.3. The highest BCUT2D eigenvalue weighted by atomic mass is 16.6. The molecule has 19 nitrogen and oxygen atoms in total. The third-order valence-electron chi connectivity index (χ3n) is 14.7. The Hall–Kier alpha value is -8.97. The van der Waals surface area contributed by atoms with E-state index in [9.17, 15) is 19.2 Å². The van der Waals surface area contributed by atoms with Crippen molar-refractivity contribution in [1.82, 2.24) is 36.1 Å². The molecule has 6 N–H and O–H groups in total. The number of benzene rings is 5. The third kappa shape index (κ3) is 17.2. The summed E-state index contributed by atoms with van der Waals surface area (Å²) in [4.78, 5) is 105. The highest BCUT2D eigenvalue weighted by Gasteiger charge is 2.36. The third-order valence-corrected chi connectivity index (χ3v) is 14.7. The second kappa shape index (κ2) is 27.8. The molecule has 8 rings (SSSR count). The lowest BCUT2D eigenvalue weighted by molar-refractivity contribution is -0.146. The van der Waals surface area contributed by atoms with Gasteiger partial charge in [0.15, 0.2) is 0 Å². The average Bonchev–Trinajstić information content (AvgIpc) is 1.92. The summed E-state index contributed by atoms with van der Waals surface area (Å²) in [5, 5.41) is 15.6. The number of carbonyl (C=O) groups excluding carboxylic acids is 7. The summed E-state index contributed by atoms with van der Waals surface area (Å²) in [6.07, 6.45) is 1.64. The van der Waals surface area contributed by atoms with E-state index in [4.69, 9.17) is 23.7 Å². The number of rotatable bonds is 23. The monoisotopic (exact) mass is 1200 g/mol. The largest absolute Gasteiger partial charge is 0.488 e. The topological polar surface area (TPSA) is 247 Å². The van der Waals surface area contributed by atoms with Gasteiger partial charge in [-0.1, -0.05) is 111 Å². The van der Waals surface area contributed by atoms with Crippen LogP contribution in [0.5, 0.6) is 5.75 Å². The molecule has 0 aliphatic heterocycles. The Morgan fingerprint density at radius 2 is 1.08 bits per heavy atom. The molecule has 0 spiro atoms. The molecule has 19 heteroatoms. The maximum atomic E-state index is 15.2. The molecule has 2 heterocycles. The summed E-state index contributed by atoms with van der Waals surface area (Å²) in [7, 11) is 1.24. The maximum Gasteiger partial charge on any atom is 0.419 e. The second-order valence-electron chi connectivity index (χ2n) is 25.7. The number of aromatic nitrogens is 2. The first kappa shape index (κ1) is 65.0. The van der Waals surface area contributed by atoms with Crippen LogP contribution in [0.2, 0.25) is 0 Å². The number of hydrogen-bond donors (Lipinski definition) is 6. The number of fused-ring (bicyclic) bond motifs is 5. The molecule has 5 amide bonds. The van der Waals surface area contributed by atoms with Gasteiger partial charge in [0, 0.05) is 53.9 Å². The van der Waals surface area contributed by atoms with Crippen LogP contribution in [-0.2, 0) is 62.2 Å². The van der Waals surface area contributed by atoms with Crippen molar-refractivity contribution in [3.8, 4) is 16.9 Å². The molecule has 7 aromatic rings. The van der Waals surface area contributed by atoms with Crippen LogP contribution in [-0.4, -0.2) is 119 Å². The minimum absolute atomic E-state index is 0.0217. The predicted octanol–water partition coefficient (Wildman–Crippen LogP) is 9.99. The number of nitrogens with zero attached hydrogens (tertiary/aromatic N) is 1. The van der Waals surface area contributed by atoms with E-state index in [1.807, 2.05) is 107 Å². The molecule has 88 heavy (non-hydrogen) atoms. The molecule has 0 unspecified atom stereocenters. The van der Waals surface area contributed by atoms with E-state index >= 15 is 14.4 Å². The SMILES string of the molecule is COC(=O)[C@H](CC(C)C)NC(=O)[C@@H](Cc1c[nH]c2ccccc12)NC(=O)[C@H](Cc1ccc(OC(C)(C)C)cc1)NC(=O)[C@H](COC(C)(C)C)NC(=O)[C@H](Cc1cn(C(=O)OC(C)(C)C)c2ccccc12)NC(=O)OCC1c2ccccc2-c2ccccc21. The number of methoxy groups -OCH3 is 1. The van der Waals surface area contributed by atoms with Crippen LogP contribution in [0.1, 0.15) is 116 Å². The van der Waals surface area contributed by atoms with E-state index in [2.05, 4.69) is 31.6 Å². The number of H-pyrrole nitrogens is 1. The van der Waals surface area contributed by atoms with Gasteiger partial charge in [-0.25, -0.2) is 14.4 Å². The summed E-state index contributed by atoms with van der Waals surface area (Å²) < 4.78 is 30.5. The number of carbonyl (C=O) groups is 7. The van der Waals surface area contributed by atoms with Gasteiger partial charge in [-0.05, 0) is 138 Å². The van der Waals surface area contributed by atoms with Crippen LogP contribution in [0.4, 0.5) is 9.59 Å². The Labute approximate surface area is 514 Å². The van der Waals surface area contributed by atoms with Crippen molar-refractivity contribution in [2.24, 2.45) is 5.92 Å². The number of esters is 1. The zero-order chi connectivity index (χ0) is 63.7. The molecule has 0 saturated carbocycles. The normalized spacial score (nSPS) is 14.1. The Kier molecular flexibility index (Phi) is 20.5. The molecule has 0 fully saturated rings. The van der Waals surface area contributed by atoms with Crippen LogP contribution in [0, 0.1) is 5.92 Å². The lowest BCUT2D eigenvalue weighted by Crippen LogP contribution is -2.60. The van der Waals surface area contributed by atoms with E-state index in [-0.39, 0.29) is 44.1 Å². The summed E-state index contributed by atoms with van der Waals surface area (Å²) in [5.41, 5.74) is 4.88. The van der Waals surface area contributed by atoms with E-state index in [0.29, 0.717) is 33.3 Å². The van der Waals surface area contributed by atoms with E-state index in [0.717, 1.165) is 33.2 Å². The quantitative estimate of drug-likeness (QED) is 0.0259. The van der Waals surface area contributed by atoms with E-state index < -0.39 is 95.4 Å². The molecule has 0 saturated heterocycles. The molecule has 0 bridgehead atoms. The van der Waals surface area contributed by atoms with Gasteiger partial charge in [0.2, 0.25) is 23.6 Å². The van der Waals surface area contributed by atoms with Crippen molar-refractivity contribution in [3.05, 3.63) is 162 Å². The molecule has 1 aliphatic carbocycles. The summed E-state index contributed by atoms with van der Waals surface area (Å²) in [5.74, 6) is -3.52. The first-order valence-electron chi connectivity index (χ1n) is 29.8. The van der Waals surface area contributed by atoms with Crippen LogP contribution in [0.25, 0.3) is 32.9 Å². The molecule has 2 aromatic heterocycles. The van der Waals surface area contributed by atoms with Crippen molar-refractivity contribution in [2.75, 3.05) is 20.3 Å². The van der Waals surface area contributed by atoms with Gasteiger partial charge >= 0.3 is 18.2 Å². The highest BCUT2D eigenvalue weighted by Crippen LogP contribution is 2.44. The number of alkyl carbamates (subject to hydrolysis) is 1. The Bertz CT molecular complexity index is 3600. The fourth-order valence-corrected chi connectivity index (χ4v) is 10.7. The summed E-state index contributed by atoms with van der Waals surface area (Å²) >= 11 is 0. The van der Waals surface area contributed by atoms with Gasteiger partial charge in [0.25, 0.3) is 0 Å². The molecule has 0 radical (unpaired) electrons. The van der Waals surface area contributed by atoms with E-state index in [1.165, 1.54) is 11.7 Å². The number of para-hydroxylation sites is 2. The first-order chi connectivity index (χ1) is 41.6. The first-order valence-corrected chi connectivity index (χ1v) is 29.8. The van der Waals surface area contributed by atoms with Gasteiger partial charge in [-0.3, -0.25) is 23.7 Å². The Balaban J connectivity index is 1.12. The van der Waals surface area contributed by atoms with Gasteiger partial charge in [-0.2, -0.15) is 0 Å². The van der Waals surface area contributed by atoms with Gasteiger partial charge in [0.1, 0.15) is 53.8 Å². The number of amides is 5. The number of nitrogens with one attached hydrogen (secondary N) is 6. The van der Waals surface area contributed by atoms with Crippen LogP contribution < -0.4 is 31.3 Å².